The van der Waals surface area contributed by atoms with Gasteiger partial charge in [-0.15, -0.1) is 0 Å². The fourth-order valence-electron chi connectivity index (χ4n) is 2.16. The molecule has 0 heterocycles. The van der Waals surface area contributed by atoms with Crippen LogP contribution in [0.25, 0.3) is 0 Å². The number of amides is 2. The Kier molecular flexibility index (Phi) is 5.95. The fraction of sp³-hybridized carbons (Fsp3) is 0.846. The number of rotatable bonds is 9. The summed E-state index contributed by atoms with van der Waals surface area (Å²) in [5.74, 6) is -0.783. The van der Waals surface area contributed by atoms with E-state index in [2.05, 4.69) is 17.6 Å². The van der Waals surface area contributed by atoms with Gasteiger partial charge in [0.15, 0.2) is 0 Å². The van der Waals surface area contributed by atoms with E-state index in [4.69, 9.17) is 5.11 Å². The highest BCUT2D eigenvalue weighted by molar-refractivity contribution is 5.73. The third-order valence-electron chi connectivity index (χ3n) is 3.46. The number of hydrogen-bond donors (Lipinski definition) is 3. The van der Waals surface area contributed by atoms with Gasteiger partial charge in [-0.05, 0) is 37.5 Å². The molecule has 2 amide bonds. The molecule has 0 aromatic carbocycles. The van der Waals surface area contributed by atoms with Gasteiger partial charge in [0.05, 0.1) is 0 Å². The average Bonchev–Trinajstić information content (AvgIpc) is 3.07. The van der Waals surface area contributed by atoms with Crippen LogP contribution in [-0.2, 0) is 4.79 Å². The number of carboxylic acid groups (broad SMARTS) is 1. The summed E-state index contributed by atoms with van der Waals surface area (Å²) in [6.07, 6.45) is 6.28. The van der Waals surface area contributed by atoms with E-state index in [1.54, 1.807) is 0 Å². The van der Waals surface area contributed by atoms with Gasteiger partial charge in [0.1, 0.15) is 0 Å². The Bertz CT molecular complexity index is 288. The first-order valence-electron chi connectivity index (χ1n) is 6.81. The standard InChI is InChI=1S/C13H24N2O3/c1-2-6-13(7-8-13)10-15-12(18)14-9-4-3-5-11(16)17/h2-10H2,1H3,(H,16,17)(H2,14,15,18). The summed E-state index contributed by atoms with van der Waals surface area (Å²) in [4.78, 5) is 21.8. The highest BCUT2D eigenvalue weighted by atomic mass is 16.4. The van der Waals surface area contributed by atoms with E-state index in [-0.39, 0.29) is 12.5 Å². The number of carbonyl (C=O) groups excluding carboxylic acids is 1. The number of urea groups is 1. The molecule has 0 unspecified atom stereocenters. The Morgan fingerprint density at radius 1 is 1.22 bits per heavy atom. The zero-order chi connectivity index (χ0) is 13.4. The summed E-state index contributed by atoms with van der Waals surface area (Å²) in [6.45, 7) is 3.48. The number of carboxylic acids is 1. The van der Waals surface area contributed by atoms with Crippen LogP contribution in [0.15, 0.2) is 0 Å². The average molecular weight is 256 g/mol. The molecule has 0 saturated heterocycles. The minimum absolute atomic E-state index is 0.132. The maximum absolute atomic E-state index is 11.5. The Morgan fingerprint density at radius 2 is 1.94 bits per heavy atom. The van der Waals surface area contributed by atoms with Crippen molar-refractivity contribution in [2.75, 3.05) is 13.1 Å². The Morgan fingerprint density at radius 3 is 2.50 bits per heavy atom. The molecule has 5 nitrogen and oxygen atoms in total. The normalized spacial score (nSPS) is 16.1. The topological polar surface area (TPSA) is 78.4 Å². The van der Waals surface area contributed by atoms with Gasteiger partial charge in [0, 0.05) is 19.5 Å². The number of hydrogen-bond acceptors (Lipinski definition) is 2. The lowest BCUT2D eigenvalue weighted by Crippen LogP contribution is -2.39. The molecule has 0 aromatic rings. The summed E-state index contributed by atoms with van der Waals surface area (Å²) in [7, 11) is 0. The van der Waals surface area contributed by atoms with Gasteiger partial charge in [0.25, 0.3) is 0 Å². The second kappa shape index (κ2) is 7.24. The van der Waals surface area contributed by atoms with Crippen LogP contribution in [0.3, 0.4) is 0 Å². The molecule has 1 aliphatic rings. The Hall–Kier alpha value is -1.26. The molecule has 18 heavy (non-hydrogen) atoms. The largest absolute Gasteiger partial charge is 0.481 e. The second-order valence-corrected chi connectivity index (χ2v) is 5.21. The van der Waals surface area contributed by atoms with E-state index < -0.39 is 5.97 Å². The molecule has 1 aliphatic carbocycles. The Labute approximate surface area is 108 Å². The monoisotopic (exact) mass is 256 g/mol. The van der Waals surface area contributed by atoms with Crippen LogP contribution >= 0.6 is 0 Å². The van der Waals surface area contributed by atoms with Crippen molar-refractivity contribution < 1.29 is 14.7 Å². The summed E-state index contributed by atoms with van der Waals surface area (Å²) in [6, 6.07) is -0.132. The van der Waals surface area contributed by atoms with Crippen molar-refractivity contribution in [3.8, 4) is 0 Å². The molecule has 0 bridgehead atoms. The molecule has 0 spiro atoms. The number of unbranched alkanes of at least 4 members (excludes halogenated alkanes) is 1. The molecule has 0 radical (unpaired) electrons. The highest BCUT2D eigenvalue weighted by Crippen LogP contribution is 2.48. The third-order valence-corrected chi connectivity index (χ3v) is 3.46. The van der Waals surface area contributed by atoms with Crippen molar-refractivity contribution in [2.45, 2.75) is 51.9 Å². The minimum atomic E-state index is -0.783. The summed E-state index contributed by atoms with van der Waals surface area (Å²) in [5.41, 5.74) is 0.370. The van der Waals surface area contributed by atoms with Crippen LogP contribution < -0.4 is 10.6 Å². The number of nitrogens with one attached hydrogen (secondary N) is 2. The second-order valence-electron chi connectivity index (χ2n) is 5.21. The molecular formula is C13H24N2O3. The fourth-order valence-corrected chi connectivity index (χ4v) is 2.16. The van der Waals surface area contributed by atoms with E-state index in [1.165, 1.54) is 25.7 Å². The van der Waals surface area contributed by atoms with Crippen molar-refractivity contribution >= 4 is 12.0 Å². The van der Waals surface area contributed by atoms with Gasteiger partial charge in [-0.25, -0.2) is 4.79 Å². The van der Waals surface area contributed by atoms with E-state index >= 15 is 0 Å². The lowest BCUT2D eigenvalue weighted by molar-refractivity contribution is -0.137. The van der Waals surface area contributed by atoms with Crippen molar-refractivity contribution in [2.24, 2.45) is 5.41 Å². The van der Waals surface area contributed by atoms with Crippen LogP contribution in [0.1, 0.15) is 51.9 Å². The van der Waals surface area contributed by atoms with Crippen molar-refractivity contribution in [3.63, 3.8) is 0 Å². The molecule has 1 saturated carbocycles. The molecule has 0 atom stereocenters. The zero-order valence-corrected chi connectivity index (χ0v) is 11.1. The van der Waals surface area contributed by atoms with Gasteiger partial charge >= 0.3 is 12.0 Å². The third kappa shape index (κ3) is 5.89. The van der Waals surface area contributed by atoms with Crippen molar-refractivity contribution in [1.29, 1.82) is 0 Å². The lowest BCUT2D eigenvalue weighted by atomic mass is 10.0. The van der Waals surface area contributed by atoms with Crippen LogP contribution in [0, 0.1) is 5.41 Å². The molecule has 5 heteroatoms. The smallest absolute Gasteiger partial charge is 0.314 e. The van der Waals surface area contributed by atoms with E-state index in [0.29, 0.717) is 24.8 Å². The van der Waals surface area contributed by atoms with Crippen molar-refractivity contribution in [1.82, 2.24) is 10.6 Å². The molecule has 0 aliphatic heterocycles. The van der Waals surface area contributed by atoms with Crippen molar-refractivity contribution in [3.05, 3.63) is 0 Å². The lowest BCUT2D eigenvalue weighted by Gasteiger charge is -2.15. The molecule has 104 valence electrons. The molecular weight excluding hydrogens is 232 g/mol. The predicted molar refractivity (Wildman–Crippen MR) is 69.5 cm³/mol. The minimum Gasteiger partial charge on any atom is -0.481 e. The van der Waals surface area contributed by atoms with Gasteiger partial charge < -0.3 is 15.7 Å². The summed E-state index contributed by atoms with van der Waals surface area (Å²) < 4.78 is 0. The first kappa shape index (κ1) is 14.8. The summed E-state index contributed by atoms with van der Waals surface area (Å²) >= 11 is 0. The Balaban J connectivity index is 1.99. The maximum Gasteiger partial charge on any atom is 0.314 e. The number of carbonyl (C=O) groups is 2. The van der Waals surface area contributed by atoms with E-state index in [9.17, 15) is 9.59 Å². The quantitative estimate of drug-likeness (QED) is 0.553. The maximum atomic E-state index is 11.5. The van der Waals surface area contributed by atoms with Gasteiger partial charge in [-0.1, -0.05) is 13.3 Å². The van der Waals surface area contributed by atoms with E-state index in [0.717, 1.165) is 6.54 Å². The zero-order valence-electron chi connectivity index (χ0n) is 11.1. The SMILES string of the molecule is CCCC1(CNC(=O)NCCCCC(=O)O)CC1. The van der Waals surface area contributed by atoms with Crippen LogP contribution in [-0.4, -0.2) is 30.2 Å². The van der Waals surface area contributed by atoms with Gasteiger partial charge in [0.2, 0.25) is 0 Å². The molecule has 0 aromatic heterocycles. The summed E-state index contributed by atoms with van der Waals surface area (Å²) in [5, 5.41) is 14.1. The number of aliphatic carboxylic acids is 1. The molecule has 1 fully saturated rings. The predicted octanol–water partition coefficient (Wildman–Crippen LogP) is 2.12. The van der Waals surface area contributed by atoms with Crippen LogP contribution in [0.2, 0.25) is 0 Å². The van der Waals surface area contributed by atoms with Crippen LogP contribution in [0.5, 0.6) is 0 Å². The van der Waals surface area contributed by atoms with E-state index in [1.807, 2.05) is 0 Å². The molecule has 3 N–H and O–H groups in total. The molecule has 1 rings (SSSR count). The van der Waals surface area contributed by atoms with Gasteiger partial charge in [-0.3, -0.25) is 4.79 Å². The first-order valence-corrected chi connectivity index (χ1v) is 6.81. The first-order chi connectivity index (χ1) is 8.58. The van der Waals surface area contributed by atoms with Crippen LogP contribution in [0.4, 0.5) is 4.79 Å². The van der Waals surface area contributed by atoms with Gasteiger partial charge in [-0.2, -0.15) is 0 Å². The highest BCUT2D eigenvalue weighted by Gasteiger charge is 2.41.